The Morgan fingerprint density at radius 3 is 2.81 bits per heavy atom. The molecule has 1 N–H and O–H groups in total. The molecule has 1 unspecified atom stereocenters. The molecule has 0 aromatic heterocycles. The van der Waals surface area contributed by atoms with Gasteiger partial charge in [-0.2, -0.15) is 9.57 Å². The molecule has 5 nitrogen and oxygen atoms in total. The molecule has 0 bridgehead atoms. The molecule has 1 aromatic carbocycles. The Kier molecular flexibility index (Phi) is 6.62. The van der Waals surface area contributed by atoms with E-state index in [-0.39, 0.29) is 23.3 Å². The lowest BCUT2D eigenvalue weighted by Gasteiger charge is -2.27. The molecule has 1 fully saturated rings. The fourth-order valence-electron chi connectivity index (χ4n) is 2.47. The summed E-state index contributed by atoms with van der Waals surface area (Å²) in [6.07, 6.45) is 1.60. The number of hydrogen-bond donors (Lipinski definition) is 1. The van der Waals surface area contributed by atoms with E-state index in [1.54, 1.807) is 22.5 Å². The van der Waals surface area contributed by atoms with Crippen molar-refractivity contribution in [3.05, 3.63) is 29.8 Å². The van der Waals surface area contributed by atoms with Gasteiger partial charge in [0.05, 0.1) is 16.5 Å². The van der Waals surface area contributed by atoms with Crippen LogP contribution < -0.4 is 5.32 Å². The lowest BCUT2D eigenvalue weighted by atomic mass is 10.2. The predicted molar refractivity (Wildman–Crippen MR) is 83.9 cm³/mol. The van der Waals surface area contributed by atoms with E-state index < -0.39 is 10.0 Å². The molecular formula is C14H20ClN3O2S. The molecular weight excluding hydrogens is 310 g/mol. The zero-order valence-corrected chi connectivity index (χ0v) is 13.6. The maximum atomic E-state index is 12.8. The summed E-state index contributed by atoms with van der Waals surface area (Å²) in [6, 6.07) is 8.22. The maximum Gasteiger partial charge on any atom is 0.243 e. The Balaban J connectivity index is 0.00000220. The van der Waals surface area contributed by atoms with E-state index in [0.29, 0.717) is 18.7 Å². The largest absolute Gasteiger partial charge is 0.315 e. The number of hydrogen-bond acceptors (Lipinski definition) is 4. The van der Waals surface area contributed by atoms with Crippen LogP contribution in [0.3, 0.4) is 0 Å². The zero-order chi connectivity index (χ0) is 14.6. The van der Waals surface area contributed by atoms with E-state index >= 15 is 0 Å². The molecule has 7 heteroatoms. The van der Waals surface area contributed by atoms with Gasteiger partial charge in [0.1, 0.15) is 0 Å². The van der Waals surface area contributed by atoms with Crippen LogP contribution in [0.1, 0.15) is 25.3 Å². The van der Waals surface area contributed by atoms with Gasteiger partial charge < -0.3 is 5.32 Å². The molecule has 1 aliphatic rings. The molecule has 0 amide bonds. The first-order valence-corrected chi connectivity index (χ1v) is 8.26. The van der Waals surface area contributed by atoms with Crippen LogP contribution in [-0.2, 0) is 10.0 Å². The van der Waals surface area contributed by atoms with Crippen LogP contribution in [0, 0.1) is 11.3 Å². The zero-order valence-electron chi connectivity index (χ0n) is 11.9. The number of rotatable bonds is 5. The van der Waals surface area contributed by atoms with Crippen molar-refractivity contribution in [3.63, 3.8) is 0 Å². The summed E-state index contributed by atoms with van der Waals surface area (Å²) in [5.74, 6) is 0. The lowest BCUT2D eigenvalue weighted by Crippen LogP contribution is -2.42. The summed E-state index contributed by atoms with van der Waals surface area (Å²) in [5, 5.41) is 12.1. The van der Waals surface area contributed by atoms with Gasteiger partial charge in [-0.15, -0.1) is 12.4 Å². The molecule has 0 saturated carbocycles. The quantitative estimate of drug-likeness (QED) is 0.893. The van der Waals surface area contributed by atoms with Gasteiger partial charge in [0.2, 0.25) is 10.0 Å². The van der Waals surface area contributed by atoms with Crippen LogP contribution in [0.2, 0.25) is 0 Å². The van der Waals surface area contributed by atoms with Gasteiger partial charge in [-0.05, 0) is 37.6 Å². The van der Waals surface area contributed by atoms with E-state index in [0.717, 1.165) is 19.4 Å². The van der Waals surface area contributed by atoms with Gasteiger partial charge in [0, 0.05) is 19.1 Å². The molecule has 116 valence electrons. The SMILES string of the molecule is CCCN(C1CCNC1)S(=O)(=O)c1cccc(C#N)c1.Cl. The third kappa shape index (κ3) is 3.95. The molecule has 1 aromatic rings. The minimum absolute atomic E-state index is 0. The summed E-state index contributed by atoms with van der Waals surface area (Å²) in [6.45, 7) is 4.01. The smallest absolute Gasteiger partial charge is 0.243 e. The summed E-state index contributed by atoms with van der Waals surface area (Å²) < 4.78 is 27.1. The molecule has 0 aliphatic carbocycles. The van der Waals surface area contributed by atoms with Crippen molar-refractivity contribution in [1.82, 2.24) is 9.62 Å². The van der Waals surface area contributed by atoms with Crippen molar-refractivity contribution in [2.45, 2.75) is 30.7 Å². The average Bonchev–Trinajstić information content (AvgIpc) is 2.98. The molecule has 0 radical (unpaired) electrons. The van der Waals surface area contributed by atoms with E-state index in [2.05, 4.69) is 5.32 Å². The molecule has 2 rings (SSSR count). The van der Waals surface area contributed by atoms with Crippen molar-refractivity contribution >= 4 is 22.4 Å². The average molecular weight is 330 g/mol. The molecule has 1 aliphatic heterocycles. The normalized spacial score (nSPS) is 18.2. The van der Waals surface area contributed by atoms with Crippen molar-refractivity contribution in [2.75, 3.05) is 19.6 Å². The van der Waals surface area contributed by atoms with Gasteiger partial charge >= 0.3 is 0 Å². The predicted octanol–water partition coefficient (Wildman–Crippen LogP) is 1.74. The molecule has 1 heterocycles. The fraction of sp³-hybridized carbons (Fsp3) is 0.500. The third-order valence-corrected chi connectivity index (χ3v) is 5.40. The molecule has 1 atom stereocenters. The molecule has 21 heavy (non-hydrogen) atoms. The number of benzene rings is 1. The second-order valence-corrected chi connectivity index (χ2v) is 6.79. The van der Waals surface area contributed by atoms with Gasteiger partial charge in [-0.25, -0.2) is 8.42 Å². The Labute approximate surface area is 132 Å². The third-order valence-electron chi connectivity index (χ3n) is 3.46. The second kappa shape index (κ2) is 7.76. The monoisotopic (exact) mass is 329 g/mol. The van der Waals surface area contributed by atoms with Gasteiger partial charge in [0.15, 0.2) is 0 Å². The lowest BCUT2D eigenvalue weighted by molar-refractivity contribution is 0.335. The molecule has 1 saturated heterocycles. The second-order valence-electron chi connectivity index (χ2n) is 4.90. The Bertz CT molecular complexity index is 607. The summed E-state index contributed by atoms with van der Waals surface area (Å²) in [5.41, 5.74) is 0.368. The minimum Gasteiger partial charge on any atom is -0.315 e. The molecule has 0 spiro atoms. The van der Waals surface area contributed by atoms with Gasteiger partial charge in [-0.3, -0.25) is 0 Å². The van der Waals surface area contributed by atoms with E-state index in [1.807, 2.05) is 13.0 Å². The van der Waals surface area contributed by atoms with Crippen LogP contribution >= 0.6 is 12.4 Å². The Morgan fingerprint density at radius 1 is 1.48 bits per heavy atom. The van der Waals surface area contributed by atoms with Crippen molar-refractivity contribution in [2.24, 2.45) is 0 Å². The first kappa shape index (κ1) is 17.9. The summed E-state index contributed by atoms with van der Waals surface area (Å²) in [7, 11) is -3.54. The van der Waals surface area contributed by atoms with Crippen molar-refractivity contribution < 1.29 is 8.42 Å². The fourth-order valence-corrected chi connectivity index (χ4v) is 4.26. The number of nitrogens with one attached hydrogen (secondary N) is 1. The highest BCUT2D eigenvalue weighted by molar-refractivity contribution is 7.89. The van der Waals surface area contributed by atoms with Gasteiger partial charge in [-0.1, -0.05) is 13.0 Å². The van der Waals surface area contributed by atoms with Crippen molar-refractivity contribution in [3.8, 4) is 6.07 Å². The van der Waals surface area contributed by atoms with Crippen molar-refractivity contribution in [1.29, 1.82) is 5.26 Å². The first-order valence-electron chi connectivity index (χ1n) is 6.82. The maximum absolute atomic E-state index is 12.8. The number of sulfonamides is 1. The highest BCUT2D eigenvalue weighted by Gasteiger charge is 2.32. The summed E-state index contributed by atoms with van der Waals surface area (Å²) in [4.78, 5) is 0.205. The number of halogens is 1. The first-order chi connectivity index (χ1) is 9.59. The van der Waals surface area contributed by atoms with Crippen LogP contribution in [0.15, 0.2) is 29.2 Å². The topological polar surface area (TPSA) is 73.2 Å². The van der Waals surface area contributed by atoms with E-state index in [1.165, 1.54) is 6.07 Å². The Hall–Kier alpha value is -1.13. The van der Waals surface area contributed by atoms with Gasteiger partial charge in [0.25, 0.3) is 0 Å². The van der Waals surface area contributed by atoms with E-state index in [4.69, 9.17) is 5.26 Å². The standard InChI is InChI=1S/C14H19N3O2S.ClH/c1-2-8-17(13-6-7-16-11-13)20(18,19)14-5-3-4-12(9-14)10-15;/h3-5,9,13,16H,2,6-8,11H2,1H3;1H. The highest BCUT2D eigenvalue weighted by atomic mass is 35.5. The highest BCUT2D eigenvalue weighted by Crippen LogP contribution is 2.22. The van der Waals surface area contributed by atoms with Crippen LogP contribution in [-0.4, -0.2) is 38.4 Å². The van der Waals surface area contributed by atoms with Crippen LogP contribution in [0.25, 0.3) is 0 Å². The minimum atomic E-state index is -3.54. The number of nitrogens with zero attached hydrogens (tertiary/aromatic N) is 2. The number of nitriles is 1. The Morgan fingerprint density at radius 2 is 2.24 bits per heavy atom. The van der Waals surface area contributed by atoms with E-state index in [9.17, 15) is 8.42 Å². The van der Waals surface area contributed by atoms with Crippen LogP contribution in [0.5, 0.6) is 0 Å². The van der Waals surface area contributed by atoms with Crippen LogP contribution in [0.4, 0.5) is 0 Å². The summed E-state index contributed by atoms with van der Waals surface area (Å²) >= 11 is 0.